The lowest BCUT2D eigenvalue weighted by Crippen LogP contribution is -2.10. The molecule has 5 rings (SSSR count). The van der Waals surface area contributed by atoms with Crippen LogP contribution in [0.2, 0.25) is 0 Å². The Kier molecular flexibility index (Phi) is 3.81. The number of hydrogen-bond donors (Lipinski definition) is 2. The smallest absolute Gasteiger partial charge is 0.315 e. The molecule has 0 saturated heterocycles. The van der Waals surface area contributed by atoms with Crippen molar-refractivity contribution in [1.82, 2.24) is 0 Å². The maximum absolute atomic E-state index is 12.2. The second-order valence-electron chi connectivity index (χ2n) is 7.21. The van der Waals surface area contributed by atoms with Crippen molar-refractivity contribution in [1.29, 1.82) is 0 Å². The van der Waals surface area contributed by atoms with Crippen molar-refractivity contribution in [2.45, 2.75) is 5.92 Å². The van der Waals surface area contributed by atoms with Crippen LogP contribution in [0.25, 0.3) is 33.0 Å². The van der Waals surface area contributed by atoms with Crippen LogP contribution in [0.5, 0.6) is 11.5 Å². The molecular formula is C25H18O4. The molecule has 0 fully saturated rings. The van der Waals surface area contributed by atoms with Crippen molar-refractivity contribution in [2.75, 3.05) is 7.11 Å². The SMILES string of the molecule is COc1ccc2c(O)cc3c(c2c1)-c1ccc(-c2ccccc2)cc1C3C(=O)O. The number of fused-ring (bicyclic) bond motifs is 5. The molecule has 0 aromatic heterocycles. The monoisotopic (exact) mass is 382 g/mol. The van der Waals surface area contributed by atoms with Gasteiger partial charge in [-0.25, -0.2) is 0 Å². The zero-order valence-corrected chi connectivity index (χ0v) is 15.7. The number of methoxy groups -OCH3 is 1. The van der Waals surface area contributed by atoms with Crippen LogP contribution in [0.4, 0.5) is 0 Å². The van der Waals surface area contributed by atoms with Gasteiger partial charge in [0.15, 0.2) is 0 Å². The number of aliphatic carboxylic acids is 1. The predicted molar refractivity (Wildman–Crippen MR) is 113 cm³/mol. The molecule has 4 aromatic carbocycles. The van der Waals surface area contributed by atoms with E-state index in [0.29, 0.717) is 16.7 Å². The summed E-state index contributed by atoms with van der Waals surface area (Å²) in [5, 5.41) is 22.1. The van der Waals surface area contributed by atoms with E-state index in [1.54, 1.807) is 25.3 Å². The van der Waals surface area contributed by atoms with E-state index >= 15 is 0 Å². The normalized spacial score (nSPS) is 14.4. The Morgan fingerprint density at radius 3 is 2.38 bits per heavy atom. The number of ether oxygens (including phenoxy) is 1. The van der Waals surface area contributed by atoms with E-state index in [4.69, 9.17) is 4.74 Å². The van der Waals surface area contributed by atoms with E-state index in [2.05, 4.69) is 0 Å². The van der Waals surface area contributed by atoms with Gasteiger partial charge in [0, 0.05) is 5.39 Å². The van der Waals surface area contributed by atoms with Gasteiger partial charge in [0.1, 0.15) is 17.4 Å². The van der Waals surface area contributed by atoms with Crippen LogP contribution in [-0.4, -0.2) is 23.3 Å². The molecule has 29 heavy (non-hydrogen) atoms. The molecule has 0 aliphatic heterocycles. The molecule has 1 aliphatic rings. The maximum Gasteiger partial charge on any atom is 0.315 e. The van der Waals surface area contributed by atoms with Gasteiger partial charge in [-0.05, 0) is 69.1 Å². The van der Waals surface area contributed by atoms with Crippen molar-refractivity contribution >= 4 is 16.7 Å². The molecule has 1 unspecified atom stereocenters. The number of phenols is 1. The minimum atomic E-state index is -0.933. The summed E-state index contributed by atoms with van der Waals surface area (Å²) < 4.78 is 5.36. The highest BCUT2D eigenvalue weighted by Crippen LogP contribution is 2.51. The molecule has 0 spiro atoms. The summed E-state index contributed by atoms with van der Waals surface area (Å²) >= 11 is 0. The highest BCUT2D eigenvalue weighted by Gasteiger charge is 2.36. The van der Waals surface area contributed by atoms with Gasteiger partial charge >= 0.3 is 5.97 Å². The molecule has 0 amide bonds. The molecule has 0 radical (unpaired) electrons. The first-order valence-corrected chi connectivity index (χ1v) is 9.34. The van der Waals surface area contributed by atoms with Gasteiger partial charge in [0.2, 0.25) is 0 Å². The van der Waals surface area contributed by atoms with Crippen LogP contribution in [0.15, 0.2) is 72.8 Å². The van der Waals surface area contributed by atoms with Gasteiger partial charge < -0.3 is 14.9 Å². The van der Waals surface area contributed by atoms with Crippen LogP contribution in [-0.2, 0) is 4.79 Å². The summed E-state index contributed by atoms with van der Waals surface area (Å²) in [6.07, 6.45) is 0. The fourth-order valence-electron chi connectivity index (χ4n) is 4.33. The number of hydrogen-bond acceptors (Lipinski definition) is 3. The highest BCUT2D eigenvalue weighted by molar-refractivity contribution is 6.08. The molecule has 4 aromatic rings. The van der Waals surface area contributed by atoms with Gasteiger partial charge in [0.05, 0.1) is 7.11 Å². The van der Waals surface area contributed by atoms with E-state index < -0.39 is 11.9 Å². The number of carbonyl (C=O) groups is 1. The number of carboxylic acids is 1. The average molecular weight is 382 g/mol. The van der Waals surface area contributed by atoms with E-state index in [0.717, 1.165) is 33.2 Å². The molecule has 2 N–H and O–H groups in total. The summed E-state index contributed by atoms with van der Waals surface area (Å²) in [6.45, 7) is 0. The summed E-state index contributed by atoms with van der Waals surface area (Å²) in [4.78, 5) is 12.2. The van der Waals surface area contributed by atoms with Gasteiger partial charge in [-0.1, -0.05) is 42.5 Å². The fraction of sp³-hybridized carbons (Fsp3) is 0.0800. The van der Waals surface area contributed by atoms with Crippen LogP contribution >= 0.6 is 0 Å². The zero-order valence-electron chi connectivity index (χ0n) is 15.7. The Labute approximate surface area is 167 Å². The molecule has 1 atom stereocenters. The Hall–Kier alpha value is -3.79. The summed E-state index contributed by atoms with van der Waals surface area (Å²) in [7, 11) is 1.59. The summed E-state index contributed by atoms with van der Waals surface area (Å²) in [5.74, 6) is -1.03. The van der Waals surface area contributed by atoms with Crippen molar-refractivity contribution in [2.24, 2.45) is 0 Å². The lowest BCUT2D eigenvalue weighted by molar-refractivity contribution is -0.137. The number of phenolic OH excluding ortho intramolecular Hbond substituents is 1. The molecule has 0 heterocycles. The topological polar surface area (TPSA) is 66.8 Å². The van der Waals surface area contributed by atoms with Crippen molar-refractivity contribution < 1.29 is 19.7 Å². The van der Waals surface area contributed by atoms with E-state index in [9.17, 15) is 15.0 Å². The minimum absolute atomic E-state index is 0.0729. The summed E-state index contributed by atoms with van der Waals surface area (Å²) in [5.41, 5.74) is 5.07. The number of benzene rings is 4. The second kappa shape index (κ2) is 6.38. The number of aromatic hydroxyl groups is 1. The molecule has 4 heteroatoms. The zero-order chi connectivity index (χ0) is 20.1. The molecule has 0 bridgehead atoms. The first-order chi connectivity index (χ1) is 14.1. The highest BCUT2D eigenvalue weighted by atomic mass is 16.5. The summed E-state index contributed by atoms with van der Waals surface area (Å²) in [6, 6.07) is 22.9. The van der Waals surface area contributed by atoms with Crippen molar-refractivity contribution in [3.8, 4) is 33.8 Å². The van der Waals surface area contributed by atoms with Crippen molar-refractivity contribution in [3.63, 3.8) is 0 Å². The molecular weight excluding hydrogens is 364 g/mol. The van der Waals surface area contributed by atoms with Gasteiger partial charge in [-0.2, -0.15) is 0 Å². The molecule has 4 nitrogen and oxygen atoms in total. The lowest BCUT2D eigenvalue weighted by Gasteiger charge is -2.12. The quantitative estimate of drug-likeness (QED) is 0.497. The van der Waals surface area contributed by atoms with Gasteiger partial charge in [-0.3, -0.25) is 4.79 Å². The van der Waals surface area contributed by atoms with Crippen LogP contribution in [0, 0.1) is 0 Å². The van der Waals surface area contributed by atoms with Gasteiger partial charge in [-0.15, -0.1) is 0 Å². The lowest BCUT2D eigenvalue weighted by atomic mass is 9.93. The third kappa shape index (κ3) is 2.57. The first kappa shape index (κ1) is 17.3. The van der Waals surface area contributed by atoms with Crippen LogP contribution < -0.4 is 4.74 Å². The number of carboxylic acid groups (broad SMARTS) is 1. The Morgan fingerprint density at radius 2 is 1.66 bits per heavy atom. The Balaban J connectivity index is 1.82. The van der Waals surface area contributed by atoms with Crippen molar-refractivity contribution in [3.05, 3.63) is 83.9 Å². The largest absolute Gasteiger partial charge is 0.507 e. The third-order valence-corrected chi connectivity index (χ3v) is 5.65. The fourth-order valence-corrected chi connectivity index (χ4v) is 4.33. The molecule has 0 saturated carbocycles. The van der Waals surface area contributed by atoms with Gasteiger partial charge in [0.25, 0.3) is 0 Å². The van der Waals surface area contributed by atoms with Crippen LogP contribution in [0.1, 0.15) is 17.0 Å². The van der Waals surface area contributed by atoms with E-state index in [-0.39, 0.29) is 5.75 Å². The third-order valence-electron chi connectivity index (χ3n) is 5.65. The Morgan fingerprint density at radius 1 is 0.862 bits per heavy atom. The second-order valence-corrected chi connectivity index (χ2v) is 7.21. The number of rotatable bonds is 3. The molecule has 1 aliphatic carbocycles. The maximum atomic E-state index is 12.2. The Bertz CT molecular complexity index is 1280. The molecule has 142 valence electrons. The van der Waals surface area contributed by atoms with E-state index in [1.807, 2.05) is 54.6 Å². The van der Waals surface area contributed by atoms with E-state index in [1.165, 1.54) is 0 Å². The van der Waals surface area contributed by atoms with Crippen LogP contribution in [0.3, 0.4) is 0 Å². The minimum Gasteiger partial charge on any atom is -0.507 e. The standard InChI is InChI=1S/C25H18O4/c1-29-16-8-10-17-20(12-16)23-18-9-7-15(14-5-3-2-4-6-14)11-19(18)24(25(27)28)21(23)13-22(17)26/h2-13,24,26H,1H3,(H,27,28). The average Bonchev–Trinajstić information content (AvgIpc) is 3.07. The first-order valence-electron chi connectivity index (χ1n) is 9.34. The predicted octanol–water partition coefficient (Wildman–Crippen LogP) is 5.42.